The zero-order chi connectivity index (χ0) is 34.5. The van der Waals surface area contributed by atoms with Crippen molar-refractivity contribution in [1.82, 2.24) is 4.57 Å². The fourth-order valence-electron chi connectivity index (χ4n) is 5.56. The van der Waals surface area contributed by atoms with Gasteiger partial charge in [-0.15, -0.1) is 0 Å². The van der Waals surface area contributed by atoms with Crippen LogP contribution in [0, 0.1) is 0 Å². The van der Waals surface area contributed by atoms with Crippen molar-refractivity contribution < 1.29 is 28.5 Å². The maximum Gasteiger partial charge on any atom is 0.338 e. The molecule has 1 aromatic heterocycles. The zero-order valence-electron chi connectivity index (χ0n) is 27.3. The summed E-state index contributed by atoms with van der Waals surface area (Å²) >= 11 is 7.24. The lowest BCUT2D eigenvalue weighted by Crippen LogP contribution is -2.40. The Morgan fingerprint density at radius 1 is 0.878 bits per heavy atom. The van der Waals surface area contributed by atoms with Crippen LogP contribution >= 0.6 is 22.9 Å². The van der Waals surface area contributed by atoms with Gasteiger partial charge in [0.05, 0.1) is 49.8 Å². The van der Waals surface area contributed by atoms with E-state index in [0.29, 0.717) is 60.8 Å². The molecule has 1 aliphatic rings. The van der Waals surface area contributed by atoms with Crippen LogP contribution in [0.25, 0.3) is 11.8 Å². The Labute approximate surface area is 291 Å². The van der Waals surface area contributed by atoms with Crippen LogP contribution in [0.2, 0.25) is 5.02 Å². The van der Waals surface area contributed by atoms with E-state index in [1.54, 1.807) is 51.5 Å². The first-order valence-electron chi connectivity index (χ1n) is 15.4. The van der Waals surface area contributed by atoms with E-state index in [2.05, 4.69) is 0 Å². The monoisotopic (exact) mass is 696 g/mol. The second-order valence-electron chi connectivity index (χ2n) is 10.9. The van der Waals surface area contributed by atoms with Crippen LogP contribution in [0.15, 0.2) is 106 Å². The van der Waals surface area contributed by atoms with Gasteiger partial charge in [-0.05, 0) is 66.1 Å². The number of ether oxygens (including phenoxy) is 5. The number of carbonyl (C=O) groups is 1. The molecular weight excluding hydrogens is 664 g/mol. The molecule has 2 heterocycles. The minimum Gasteiger partial charge on any atom is -0.493 e. The van der Waals surface area contributed by atoms with Crippen LogP contribution < -0.4 is 33.8 Å². The average Bonchev–Trinajstić information content (AvgIpc) is 3.44. The molecule has 49 heavy (non-hydrogen) atoms. The van der Waals surface area contributed by atoms with Crippen LogP contribution in [0.4, 0.5) is 0 Å². The molecule has 0 N–H and O–H groups in total. The fourth-order valence-corrected chi connectivity index (χ4v) is 6.69. The highest BCUT2D eigenvalue weighted by Crippen LogP contribution is 2.38. The fraction of sp³-hybridized carbons (Fsp3) is 0.184. The Balaban J connectivity index is 1.49. The van der Waals surface area contributed by atoms with E-state index in [1.165, 1.54) is 23.0 Å². The molecule has 0 fully saturated rings. The number of thiazole rings is 1. The molecule has 0 radical (unpaired) electrons. The topological polar surface area (TPSA) is 97.6 Å². The van der Waals surface area contributed by atoms with Gasteiger partial charge >= 0.3 is 5.97 Å². The van der Waals surface area contributed by atoms with Crippen molar-refractivity contribution in [2.24, 2.45) is 4.99 Å². The lowest BCUT2D eigenvalue weighted by atomic mass is 9.93. The Bertz CT molecular complexity index is 2210. The van der Waals surface area contributed by atoms with Gasteiger partial charge in [-0.1, -0.05) is 77.5 Å². The molecule has 4 aromatic carbocycles. The summed E-state index contributed by atoms with van der Waals surface area (Å²) in [5, 5.41) is 0.652. The third-order valence-corrected chi connectivity index (χ3v) is 9.12. The number of esters is 1. The van der Waals surface area contributed by atoms with Gasteiger partial charge in [0.1, 0.15) is 6.61 Å². The molecule has 0 saturated heterocycles. The molecule has 250 valence electrons. The van der Waals surface area contributed by atoms with Crippen LogP contribution in [0.5, 0.6) is 23.0 Å². The molecule has 0 bridgehead atoms. The molecule has 0 amide bonds. The van der Waals surface area contributed by atoms with Gasteiger partial charge in [0, 0.05) is 10.6 Å². The van der Waals surface area contributed by atoms with Crippen LogP contribution in [-0.2, 0) is 16.1 Å². The van der Waals surface area contributed by atoms with Gasteiger partial charge in [-0.2, -0.15) is 0 Å². The van der Waals surface area contributed by atoms with E-state index in [1.807, 2.05) is 66.7 Å². The van der Waals surface area contributed by atoms with Gasteiger partial charge in [-0.3, -0.25) is 9.36 Å². The number of aromatic nitrogens is 1. The minimum atomic E-state index is -0.870. The molecule has 1 aliphatic heterocycles. The predicted molar refractivity (Wildman–Crippen MR) is 189 cm³/mol. The van der Waals surface area contributed by atoms with Gasteiger partial charge in [0.15, 0.2) is 27.8 Å². The van der Waals surface area contributed by atoms with Gasteiger partial charge < -0.3 is 23.7 Å². The summed E-state index contributed by atoms with van der Waals surface area (Å²) in [6.07, 6.45) is 1.78. The zero-order valence-corrected chi connectivity index (χ0v) is 28.8. The van der Waals surface area contributed by atoms with Crippen molar-refractivity contribution in [2.75, 3.05) is 27.9 Å². The summed E-state index contributed by atoms with van der Waals surface area (Å²) in [4.78, 5) is 33.5. The second kappa shape index (κ2) is 14.8. The van der Waals surface area contributed by atoms with Gasteiger partial charge in [0.25, 0.3) is 5.56 Å². The SMILES string of the molecule is CCOC(=O)C1=C(c2ccccc2)N=c2s/c(=C\c3ccc(OCc4ccc(Cl)cc4)c(OC)c3)c(=O)n2C1c1ccc(OC)c(OC)c1. The van der Waals surface area contributed by atoms with Crippen LogP contribution in [0.3, 0.4) is 0 Å². The first kappa shape index (κ1) is 33.6. The van der Waals surface area contributed by atoms with E-state index in [9.17, 15) is 9.59 Å². The summed E-state index contributed by atoms with van der Waals surface area (Å²) < 4.78 is 30.3. The molecule has 9 nitrogen and oxygen atoms in total. The molecule has 11 heteroatoms. The molecule has 0 saturated carbocycles. The summed E-state index contributed by atoms with van der Waals surface area (Å²) in [5.74, 6) is 1.45. The largest absolute Gasteiger partial charge is 0.493 e. The summed E-state index contributed by atoms with van der Waals surface area (Å²) in [5.41, 5.74) is 3.36. The molecule has 1 atom stereocenters. The van der Waals surface area contributed by atoms with Crippen LogP contribution in [-0.4, -0.2) is 38.5 Å². The second-order valence-corrected chi connectivity index (χ2v) is 12.3. The van der Waals surface area contributed by atoms with Crippen molar-refractivity contribution in [1.29, 1.82) is 0 Å². The number of fused-ring (bicyclic) bond motifs is 1. The first-order chi connectivity index (χ1) is 23.8. The summed E-state index contributed by atoms with van der Waals surface area (Å²) in [6, 6.07) is 26.7. The highest BCUT2D eigenvalue weighted by atomic mass is 35.5. The van der Waals surface area contributed by atoms with E-state index >= 15 is 0 Å². The average molecular weight is 697 g/mol. The quantitative estimate of drug-likeness (QED) is 0.152. The third-order valence-electron chi connectivity index (χ3n) is 7.89. The Kier molecular flexibility index (Phi) is 10.2. The van der Waals surface area contributed by atoms with E-state index in [-0.39, 0.29) is 17.7 Å². The van der Waals surface area contributed by atoms with Gasteiger partial charge in [0.2, 0.25) is 0 Å². The molecule has 1 unspecified atom stereocenters. The number of hydrogen-bond acceptors (Lipinski definition) is 9. The molecule has 0 spiro atoms. The van der Waals surface area contributed by atoms with Crippen LogP contribution in [0.1, 0.15) is 35.2 Å². The standard InChI is InChI=1S/C38H33ClN2O7S/c1-5-47-37(43)33-34(25-9-7-6-8-10-25)40-38-41(35(33)26-14-18-28(44-2)31(21-26)46-4)36(42)32(49-38)20-24-13-17-29(30(19-24)45-3)48-22-23-11-15-27(39)16-12-23/h6-21,35H,5,22H2,1-4H3/b32-20-. The normalized spacial score (nSPS) is 14.1. The molecule has 5 aromatic rings. The molecule has 0 aliphatic carbocycles. The highest BCUT2D eigenvalue weighted by Gasteiger charge is 2.35. The third kappa shape index (κ3) is 6.97. The highest BCUT2D eigenvalue weighted by molar-refractivity contribution is 7.07. The number of benzene rings is 4. The molecule has 6 rings (SSSR count). The van der Waals surface area contributed by atoms with E-state index in [0.717, 1.165) is 11.1 Å². The van der Waals surface area contributed by atoms with E-state index in [4.69, 9.17) is 40.3 Å². The van der Waals surface area contributed by atoms with Crippen molar-refractivity contribution in [3.63, 3.8) is 0 Å². The Hall–Kier alpha value is -5.32. The van der Waals surface area contributed by atoms with E-state index < -0.39 is 12.0 Å². The van der Waals surface area contributed by atoms with Crippen molar-refractivity contribution >= 4 is 40.7 Å². The summed E-state index contributed by atoms with van der Waals surface area (Å²) in [7, 11) is 4.64. The Morgan fingerprint density at radius 2 is 1.57 bits per heavy atom. The maximum atomic E-state index is 14.3. The lowest BCUT2D eigenvalue weighted by molar-refractivity contribution is -0.138. The predicted octanol–water partition coefficient (Wildman–Crippen LogP) is 6.19. The lowest BCUT2D eigenvalue weighted by Gasteiger charge is -2.26. The number of carbonyl (C=O) groups excluding carboxylic acids is 1. The summed E-state index contributed by atoms with van der Waals surface area (Å²) in [6.45, 7) is 2.21. The van der Waals surface area contributed by atoms with Gasteiger partial charge in [-0.25, -0.2) is 9.79 Å². The maximum absolute atomic E-state index is 14.3. The van der Waals surface area contributed by atoms with Crippen molar-refractivity contribution in [3.05, 3.63) is 144 Å². The first-order valence-corrected chi connectivity index (χ1v) is 16.6. The van der Waals surface area contributed by atoms with Crippen molar-refractivity contribution in [3.8, 4) is 23.0 Å². The number of hydrogen-bond donors (Lipinski definition) is 0. The molecular formula is C38H33ClN2O7S. The van der Waals surface area contributed by atoms with Crippen molar-refractivity contribution in [2.45, 2.75) is 19.6 Å². The Morgan fingerprint density at radius 3 is 2.27 bits per heavy atom. The number of rotatable bonds is 11. The number of halogens is 1. The number of nitrogens with zero attached hydrogens (tertiary/aromatic N) is 2. The minimum absolute atomic E-state index is 0.148. The number of methoxy groups -OCH3 is 3. The smallest absolute Gasteiger partial charge is 0.338 e.